The normalized spacial score (nSPS) is 12.1. The lowest BCUT2D eigenvalue weighted by Gasteiger charge is -2.20. The van der Waals surface area contributed by atoms with Crippen molar-refractivity contribution in [3.63, 3.8) is 0 Å². The van der Waals surface area contributed by atoms with E-state index in [1.54, 1.807) is 0 Å². The summed E-state index contributed by atoms with van der Waals surface area (Å²) in [6, 6.07) is 78.4. The largest absolute Gasteiger partial charge is 0.437 e. The third-order valence-electron chi connectivity index (χ3n) is 24.2. The highest BCUT2D eigenvalue weighted by molar-refractivity contribution is 6.12. The van der Waals surface area contributed by atoms with Gasteiger partial charge in [0.15, 0.2) is 22.3 Å². The van der Waals surface area contributed by atoms with Crippen LogP contribution in [-0.2, 0) is 53.9 Å². The minimum atomic E-state index is 0.196. The average molecular weight is 1600 g/mol. The smallest absolute Gasteiger partial charge is 0.227 e. The van der Waals surface area contributed by atoms with E-state index in [4.69, 9.17) is 17.7 Å². The number of pyridine rings is 8. The SMILES string of the molecule is CCCc1cc(-c2c(C)ccc3c2oc2nc(C)ccc23)[n+](C)c2ccccc12.Cc1ccc2c(n1)oc1c(-c3cc(CC(C)(C)C)c4ccccc4[n+]3C)c(C)ccc12.Cc1ccc2c(n1)oc1c(-c3ccc4c(CC(C)(C)C)cccc4[n+]3C)c(C)ccc12.Cc1ccc2c(n1)oc1c(-c3ccc4c(CC(C)C)cccc4[n+]3C)c(C)ccc12. The number of hydrogen-bond donors (Lipinski definition) is 0. The van der Waals surface area contributed by atoms with Crippen LogP contribution in [0.4, 0.5) is 0 Å². The van der Waals surface area contributed by atoms with E-state index in [0.717, 1.165) is 154 Å². The number of nitrogens with zero attached hydrogens (tertiary/aromatic N) is 8. The minimum Gasteiger partial charge on any atom is -0.437 e. The number of aryl methyl sites for hydroxylation is 13. The van der Waals surface area contributed by atoms with Crippen molar-refractivity contribution in [1.29, 1.82) is 0 Å². The molecule has 0 saturated heterocycles. The van der Waals surface area contributed by atoms with Gasteiger partial charge in [0.25, 0.3) is 0 Å². The Morgan fingerprint density at radius 1 is 0.289 bits per heavy atom. The van der Waals surface area contributed by atoms with Crippen LogP contribution in [0.25, 0.3) is 177 Å². The van der Waals surface area contributed by atoms with Crippen molar-refractivity contribution in [1.82, 2.24) is 19.9 Å². The summed E-state index contributed by atoms with van der Waals surface area (Å²) in [6.45, 7) is 37.2. The van der Waals surface area contributed by atoms with Gasteiger partial charge in [0.05, 0.1) is 22.3 Å². The van der Waals surface area contributed by atoms with Gasteiger partial charge in [-0.25, -0.2) is 19.9 Å². The second-order valence-electron chi connectivity index (χ2n) is 36.5. The molecule has 0 bridgehead atoms. The number of rotatable bonds is 10. The Kier molecular flexibility index (Phi) is 21.1. The van der Waals surface area contributed by atoms with Gasteiger partial charge >= 0.3 is 0 Å². The van der Waals surface area contributed by atoms with Crippen molar-refractivity contribution in [2.75, 3.05) is 0 Å². The zero-order valence-corrected chi connectivity index (χ0v) is 74.1. The topological polar surface area (TPSA) is 120 Å². The number of para-hydroxylation sites is 2. The highest BCUT2D eigenvalue weighted by atomic mass is 16.4. The molecule has 12 aromatic heterocycles. The first-order valence-electron chi connectivity index (χ1n) is 42.8. The van der Waals surface area contributed by atoms with Crippen LogP contribution in [0.2, 0.25) is 0 Å². The fourth-order valence-corrected chi connectivity index (χ4v) is 18.4. The Balaban J connectivity index is 0.000000115. The predicted molar refractivity (Wildman–Crippen MR) is 499 cm³/mol. The molecule has 0 aliphatic carbocycles. The summed E-state index contributed by atoms with van der Waals surface area (Å²) in [6.07, 6.45) is 5.32. The monoisotopic (exact) mass is 1590 g/mol. The lowest BCUT2D eigenvalue weighted by molar-refractivity contribution is -0.633. The molecular formula is C109H110N8O4+4. The van der Waals surface area contributed by atoms with Gasteiger partial charge in [-0.3, -0.25) is 0 Å². The summed E-state index contributed by atoms with van der Waals surface area (Å²) in [5.74, 6) is 0.628. The Labute approximate surface area is 708 Å². The van der Waals surface area contributed by atoms with Crippen LogP contribution in [0.3, 0.4) is 0 Å². The van der Waals surface area contributed by atoms with Gasteiger partial charge in [-0.2, -0.15) is 18.3 Å². The fourth-order valence-electron chi connectivity index (χ4n) is 18.4. The Morgan fingerprint density at radius 2 is 0.570 bits per heavy atom. The Bertz CT molecular complexity index is 7520. The maximum atomic E-state index is 6.38. The van der Waals surface area contributed by atoms with Crippen LogP contribution in [-0.4, -0.2) is 19.9 Å². The molecule has 606 valence electrons. The van der Waals surface area contributed by atoms with Crippen LogP contribution in [0.5, 0.6) is 0 Å². The maximum absolute atomic E-state index is 6.38. The first-order valence-corrected chi connectivity index (χ1v) is 42.8. The van der Waals surface area contributed by atoms with E-state index < -0.39 is 0 Å². The summed E-state index contributed by atoms with van der Waals surface area (Å²) < 4.78 is 34.6. The minimum absolute atomic E-state index is 0.196. The van der Waals surface area contributed by atoms with Gasteiger partial charge in [0.1, 0.15) is 28.2 Å². The quantitative estimate of drug-likeness (QED) is 0.124. The molecule has 0 radical (unpaired) electrons. The summed E-state index contributed by atoms with van der Waals surface area (Å²) in [4.78, 5) is 18.5. The number of fused-ring (bicyclic) bond motifs is 16. The number of aromatic nitrogens is 8. The van der Waals surface area contributed by atoms with Gasteiger partial charge in [0.2, 0.25) is 67.7 Å². The van der Waals surface area contributed by atoms with Gasteiger partial charge in [-0.15, -0.1) is 0 Å². The van der Waals surface area contributed by atoms with Crippen molar-refractivity contribution in [2.45, 2.75) is 150 Å². The number of benzene rings is 8. The molecule has 0 aliphatic heterocycles. The third-order valence-corrected chi connectivity index (χ3v) is 24.2. The van der Waals surface area contributed by atoms with E-state index in [1.165, 1.54) is 99.5 Å². The van der Waals surface area contributed by atoms with Crippen LogP contribution in [0, 0.1) is 72.1 Å². The molecule has 0 spiro atoms. The number of hydrogen-bond acceptors (Lipinski definition) is 8. The molecule has 0 atom stereocenters. The lowest BCUT2D eigenvalue weighted by Crippen LogP contribution is -2.33. The van der Waals surface area contributed by atoms with Crippen molar-refractivity contribution in [3.8, 4) is 45.0 Å². The Morgan fingerprint density at radius 3 is 0.926 bits per heavy atom. The van der Waals surface area contributed by atoms with Crippen molar-refractivity contribution >= 4 is 132 Å². The first kappa shape index (κ1) is 80.6. The molecule has 0 aliphatic rings. The van der Waals surface area contributed by atoms with Gasteiger partial charge < -0.3 is 17.7 Å². The number of furan rings is 4. The van der Waals surface area contributed by atoms with E-state index in [0.29, 0.717) is 28.8 Å². The first-order chi connectivity index (χ1) is 58.0. The maximum Gasteiger partial charge on any atom is 0.227 e. The van der Waals surface area contributed by atoms with Crippen LogP contribution < -0.4 is 18.3 Å². The summed E-state index contributed by atoms with van der Waals surface area (Å²) in [7, 11) is 8.61. The molecule has 121 heavy (non-hydrogen) atoms. The van der Waals surface area contributed by atoms with Crippen molar-refractivity contribution in [3.05, 3.63) is 286 Å². The van der Waals surface area contributed by atoms with Crippen molar-refractivity contribution in [2.24, 2.45) is 44.9 Å². The van der Waals surface area contributed by atoms with E-state index in [9.17, 15) is 0 Å². The lowest BCUT2D eigenvalue weighted by atomic mass is 9.86. The molecule has 8 aromatic carbocycles. The average Bonchev–Trinajstić information content (AvgIpc) is 1.65. The Hall–Kier alpha value is -12.8. The van der Waals surface area contributed by atoms with Gasteiger partial charge in [0, 0.05) is 136 Å². The molecule has 0 fully saturated rings. The van der Waals surface area contributed by atoms with E-state index >= 15 is 0 Å². The molecule has 12 heteroatoms. The molecule has 0 saturated carbocycles. The molecular weight excluding hydrogens is 1490 g/mol. The highest BCUT2D eigenvalue weighted by Gasteiger charge is 2.31. The molecule has 20 rings (SSSR count). The summed E-state index contributed by atoms with van der Waals surface area (Å²) in [5, 5.41) is 14.0. The fraction of sp³-hybridized carbons (Fsp3) is 0.266. The molecule has 12 heterocycles. The van der Waals surface area contributed by atoms with Crippen LogP contribution in [0.1, 0.15) is 136 Å². The molecule has 0 amide bonds. The molecule has 0 unspecified atom stereocenters. The highest BCUT2D eigenvalue weighted by Crippen LogP contribution is 2.44. The second kappa shape index (κ2) is 31.7. The molecule has 20 aromatic rings. The standard InChI is InChI=1S/2C28H29N2O.C27H27N2O.C26H25N2O/c1-17-10-12-21-22-13-11-18(2)29-27(22)31-26(21)25(17)24-15-14-20-19(16-28(3,4)5)8-7-9-23(20)30(24)6;1-17-11-13-21-22-14-12-18(2)29-27(22)31-26(21)25(17)24-15-19(16-28(3,4)5)20-9-7-8-10-23(20)30(24)6;1-16(2)15-19-7-6-8-23-20(19)13-14-24(29(23)5)25-17(3)9-11-21-22-12-10-18(4)28-27(22)30-26(21)25;1-5-8-18-15-23(28(4)22-10-7-6-9-19(18)22)24-16(2)11-13-20-21-14-12-17(3)27-26(21)29-25(20)24/h2*7-15H,16H2,1-6H3;6-14,16H,15H2,1-5H3;6-7,9-15H,5,8H2,1-4H3/q4*+1. The zero-order valence-electron chi connectivity index (χ0n) is 74.1. The third kappa shape index (κ3) is 15.1. The van der Waals surface area contributed by atoms with Gasteiger partial charge in [-0.05, 0) is 215 Å². The van der Waals surface area contributed by atoms with Crippen LogP contribution >= 0.6 is 0 Å². The molecule has 0 N–H and O–H groups in total. The van der Waals surface area contributed by atoms with Crippen LogP contribution in [0.15, 0.2) is 236 Å². The molecule has 12 nitrogen and oxygen atoms in total. The van der Waals surface area contributed by atoms with Crippen molar-refractivity contribution < 1.29 is 35.9 Å². The zero-order chi connectivity index (χ0) is 84.9. The van der Waals surface area contributed by atoms with E-state index in [-0.39, 0.29) is 10.8 Å². The van der Waals surface area contributed by atoms with E-state index in [1.807, 2.05) is 52.0 Å². The second-order valence-corrected chi connectivity index (χ2v) is 36.5. The summed E-state index contributed by atoms with van der Waals surface area (Å²) in [5.41, 5.74) is 35.4. The van der Waals surface area contributed by atoms with E-state index in [2.05, 4.69) is 351 Å². The predicted octanol–water partition coefficient (Wildman–Crippen LogP) is 26.3. The van der Waals surface area contributed by atoms with Gasteiger partial charge in [-0.1, -0.05) is 166 Å². The summed E-state index contributed by atoms with van der Waals surface area (Å²) >= 11 is 0.